The molecule has 0 saturated carbocycles. The zero-order chi connectivity index (χ0) is 11.0. The minimum absolute atomic E-state index is 0.182. The maximum Gasteiger partial charge on any atom is 0.303 e. The van der Waals surface area contributed by atoms with Crippen molar-refractivity contribution < 1.29 is 14.7 Å². The number of carbonyl (C=O) groups is 2. The third-order valence-corrected chi connectivity index (χ3v) is 1.43. The molecule has 0 radical (unpaired) electrons. The summed E-state index contributed by atoms with van der Waals surface area (Å²) in [5, 5.41) is 24.9. The lowest BCUT2D eigenvalue weighted by molar-refractivity contribution is -0.140. The predicted molar refractivity (Wildman–Crippen MR) is 44.7 cm³/mol. The highest BCUT2D eigenvalue weighted by molar-refractivity contribution is 5.81. The van der Waals surface area contributed by atoms with E-state index in [-0.39, 0.29) is 25.9 Å². The van der Waals surface area contributed by atoms with Gasteiger partial charge in [-0.15, -0.1) is 0 Å². The van der Waals surface area contributed by atoms with E-state index in [9.17, 15) is 9.59 Å². The van der Waals surface area contributed by atoms with Crippen LogP contribution in [0.4, 0.5) is 0 Å². The number of hydrogen-bond acceptors (Lipinski definition) is 4. The summed E-state index contributed by atoms with van der Waals surface area (Å²) in [5.74, 6) is -1.57. The Kier molecular flexibility index (Phi) is 5.48. The number of hydrogen-bond donors (Lipinski definition) is 1. The molecule has 6 heteroatoms. The predicted octanol–water partition coefficient (Wildman–Crippen LogP) is -0.273. The summed E-state index contributed by atoms with van der Waals surface area (Å²) in [6.45, 7) is -0.377. The van der Waals surface area contributed by atoms with E-state index in [4.69, 9.17) is 15.6 Å². The highest BCUT2D eigenvalue weighted by atomic mass is 16.4. The molecule has 0 spiro atoms. The van der Waals surface area contributed by atoms with Crippen molar-refractivity contribution >= 4 is 11.9 Å². The lowest BCUT2D eigenvalue weighted by atomic mass is 10.3. The molecule has 0 unspecified atom stereocenters. The minimum atomic E-state index is -1.08. The summed E-state index contributed by atoms with van der Waals surface area (Å²) in [7, 11) is 0. The van der Waals surface area contributed by atoms with E-state index >= 15 is 0 Å². The van der Waals surface area contributed by atoms with Crippen molar-refractivity contribution in [3.05, 3.63) is 0 Å². The molecule has 0 aromatic heterocycles. The molecule has 6 nitrogen and oxygen atoms in total. The van der Waals surface area contributed by atoms with Gasteiger partial charge in [-0.3, -0.25) is 9.59 Å². The summed E-state index contributed by atoms with van der Waals surface area (Å²) < 4.78 is 0. The van der Waals surface area contributed by atoms with Crippen molar-refractivity contribution in [2.45, 2.75) is 12.8 Å². The molecular formula is C8H9N3O3. The molecule has 74 valence electrons. The first-order valence-electron chi connectivity index (χ1n) is 3.85. The Hall–Kier alpha value is -2.08. The van der Waals surface area contributed by atoms with Crippen LogP contribution < -0.4 is 0 Å². The summed E-state index contributed by atoms with van der Waals surface area (Å²) in [5.41, 5.74) is 0. The molecule has 1 N–H and O–H groups in total. The van der Waals surface area contributed by atoms with Gasteiger partial charge in [0.05, 0.1) is 18.6 Å². The highest BCUT2D eigenvalue weighted by Crippen LogP contribution is 1.97. The van der Waals surface area contributed by atoms with Crippen LogP contribution in [0.2, 0.25) is 0 Å². The van der Waals surface area contributed by atoms with Gasteiger partial charge >= 0.3 is 5.97 Å². The van der Waals surface area contributed by atoms with Crippen molar-refractivity contribution in [2.24, 2.45) is 0 Å². The van der Waals surface area contributed by atoms with Gasteiger partial charge in [0.1, 0.15) is 13.1 Å². The molecule has 0 heterocycles. The second-order valence-corrected chi connectivity index (χ2v) is 2.46. The fourth-order valence-corrected chi connectivity index (χ4v) is 0.775. The Morgan fingerprint density at radius 3 is 2.00 bits per heavy atom. The standard InChI is InChI=1S/C8H9N3O3/c9-3-5-11(6-4-10)7(12)1-2-8(13)14/h1-2,5-6H2,(H,13,14). The van der Waals surface area contributed by atoms with Crippen LogP contribution in [0, 0.1) is 22.7 Å². The van der Waals surface area contributed by atoms with Crippen LogP contribution in [0.1, 0.15) is 12.8 Å². The van der Waals surface area contributed by atoms with Crippen LogP contribution in [0.15, 0.2) is 0 Å². The smallest absolute Gasteiger partial charge is 0.303 e. The van der Waals surface area contributed by atoms with Gasteiger partial charge in [0.25, 0.3) is 0 Å². The number of carboxylic acid groups (broad SMARTS) is 1. The van der Waals surface area contributed by atoms with Gasteiger partial charge in [0.2, 0.25) is 5.91 Å². The van der Waals surface area contributed by atoms with E-state index in [2.05, 4.69) is 0 Å². The molecule has 0 aromatic rings. The number of rotatable bonds is 5. The third kappa shape index (κ3) is 4.73. The molecule has 0 bridgehead atoms. The largest absolute Gasteiger partial charge is 0.481 e. The number of aliphatic carboxylic acids is 1. The second kappa shape index (κ2) is 6.44. The van der Waals surface area contributed by atoms with E-state index in [1.54, 1.807) is 12.1 Å². The van der Waals surface area contributed by atoms with Crippen LogP contribution in [0.25, 0.3) is 0 Å². The maximum atomic E-state index is 11.2. The first-order chi connectivity index (χ1) is 6.61. The molecular weight excluding hydrogens is 186 g/mol. The van der Waals surface area contributed by atoms with Crippen LogP contribution in [0.5, 0.6) is 0 Å². The van der Waals surface area contributed by atoms with Gasteiger partial charge in [-0.25, -0.2) is 0 Å². The third-order valence-electron chi connectivity index (χ3n) is 1.43. The summed E-state index contributed by atoms with van der Waals surface area (Å²) in [6.07, 6.45) is -0.467. The number of amides is 1. The first-order valence-corrected chi connectivity index (χ1v) is 3.85. The molecule has 0 atom stereocenters. The molecule has 14 heavy (non-hydrogen) atoms. The molecule has 1 amide bonds. The summed E-state index contributed by atoms with van der Waals surface area (Å²) in [6, 6.07) is 3.46. The molecule has 0 fully saturated rings. The van der Waals surface area contributed by atoms with Gasteiger partial charge in [-0.05, 0) is 0 Å². The van der Waals surface area contributed by atoms with E-state index in [0.717, 1.165) is 4.90 Å². The van der Waals surface area contributed by atoms with E-state index in [1.165, 1.54) is 0 Å². The Morgan fingerprint density at radius 1 is 1.14 bits per heavy atom. The fourth-order valence-electron chi connectivity index (χ4n) is 0.775. The zero-order valence-electron chi connectivity index (χ0n) is 7.43. The Bertz CT molecular complexity index is 284. The van der Waals surface area contributed by atoms with Crippen LogP contribution in [-0.4, -0.2) is 35.0 Å². The second-order valence-electron chi connectivity index (χ2n) is 2.46. The number of carbonyl (C=O) groups excluding carboxylic acids is 1. The van der Waals surface area contributed by atoms with Gasteiger partial charge in [-0.2, -0.15) is 10.5 Å². The van der Waals surface area contributed by atoms with Crippen molar-refractivity contribution in [2.75, 3.05) is 13.1 Å². The average molecular weight is 195 g/mol. The quantitative estimate of drug-likeness (QED) is 0.607. The van der Waals surface area contributed by atoms with Crippen LogP contribution in [0.3, 0.4) is 0 Å². The SMILES string of the molecule is N#CCN(CC#N)C(=O)CCC(=O)O. The Morgan fingerprint density at radius 2 is 1.64 bits per heavy atom. The van der Waals surface area contributed by atoms with Crippen LogP contribution in [-0.2, 0) is 9.59 Å². The fraction of sp³-hybridized carbons (Fsp3) is 0.500. The van der Waals surface area contributed by atoms with Gasteiger partial charge in [0.15, 0.2) is 0 Å². The number of carboxylic acids is 1. The summed E-state index contributed by atoms with van der Waals surface area (Å²) >= 11 is 0. The van der Waals surface area contributed by atoms with Crippen LogP contribution >= 0.6 is 0 Å². The zero-order valence-corrected chi connectivity index (χ0v) is 7.43. The molecule has 0 aliphatic heterocycles. The topological polar surface area (TPSA) is 105 Å². The molecule has 0 rings (SSSR count). The van der Waals surface area contributed by atoms with Gasteiger partial charge in [0, 0.05) is 6.42 Å². The molecule has 0 saturated heterocycles. The Labute approximate surface area is 81.0 Å². The normalized spacial score (nSPS) is 8.43. The van der Waals surface area contributed by atoms with Gasteiger partial charge in [-0.1, -0.05) is 0 Å². The number of nitrogens with zero attached hydrogens (tertiary/aromatic N) is 3. The minimum Gasteiger partial charge on any atom is -0.481 e. The molecule has 0 aliphatic carbocycles. The summed E-state index contributed by atoms with van der Waals surface area (Å²) in [4.78, 5) is 22.3. The van der Waals surface area contributed by atoms with Crippen molar-refractivity contribution in [3.63, 3.8) is 0 Å². The lowest BCUT2D eigenvalue weighted by Crippen LogP contribution is -2.31. The average Bonchev–Trinajstić information content (AvgIpc) is 2.14. The maximum absolute atomic E-state index is 11.2. The lowest BCUT2D eigenvalue weighted by Gasteiger charge is -2.14. The van der Waals surface area contributed by atoms with E-state index in [1.807, 2.05) is 0 Å². The number of nitriles is 2. The monoisotopic (exact) mass is 195 g/mol. The van der Waals surface area contributed by atoms with E-state index < -0.39 is 11.9 Å². The van der Waals surface area contributed by atoms with Crippen molar-refractivity contribution in [1.82, 2.24) is 4.90 Å². The van der Waals surface area contributed by atoms with E-state index in [0.29, 0.717) is 0 Å². The van der Waals surface area contributed by atoms with Crippen molar-refractivity contribution in [3.8, 4) is 12.1 Å². The molecule has 0 aliphatic rings. The van der Waals surface area contributed by atoms with Gasteiger partial charge < -0.3 is 10.0 Å². The first kappa shape index (κ1) is 11.9. The Balaban J connectivity index is 4.10. The molecule has 0 aromatic carbocycles. The van der Waals surface area contributed by atoms with Crippen molar-refractivity contribution in [1.29, 1.82) is 10.5 Å². The highest BCUT2D eigenvalue weighted by Gasteiger charge is 2.13.